The Morgan fingerprint density at radius 3 is 2.84 bits per heavy atom. The van der Waals surface area contributed by atoms with Crippen molar-refractivity contribution in [3.8, 4) is 0 Å². The van der Waals surface area contributed by atoms with Crippen LogP contribution in [0.5, 0.6) is 0 Å². The predicted octanol–water partition coefficient (Wildman–Crippen LogP) is 0.879. The SMILES string of the molecule is Cn1ccnc(CN2CCCC2Cn2nc(C3CC3)ccc2=O)c1=O. The highest BCUT2D eigenvalue weighted by Crippen LogP contribution is 2.38. The average Bonchev–Trinajstić information content (AvgIpc) is 3.36. The molecule has 1 aliphatic carbocycles. The third-order valence-corrected chi connectivity index (χ3v) is 5.21. The van der Waals surface area contributed by atoms with E-state index in [1.807, 2.05) is 6.07 Å². The van der Waals surface area contributed by atoms with Gasteiger partial charge < -0.3 is 4.57 Å². The molecule has 0 bridgehead atoms. The Kier molecular flexibility index (Phi) is 4.25. The molecule has 7 nitrogen and oxygen atoms in total. The van der Waals surface area contributed by atoms with Crippen LogP contribution >= 0.6 is 0 Å². The second kappa shape index (κ2) is 6.55. The van der Waals surface area contributed by atoms with E-state index in [1.54, 1.807) is 34.8 Å². The molecule has 0 aromatic carbocycles. The second-order valence-corrected chi connectivity index (χ2v) is 7.11. The van der Waals surface area contributed by atoms with E-state index in [-0.39, 0.29) is 17.2 Å². The summed E-state index contributed by atoms with van der Waals surface area (Å²) in [6.45, 7) is 2.02. The fraction of sp³-hybridized carbons (Fsp3) is 0.556. The summed E-state index contributed by atoms with van der Waals surface area (Å²) < 4.78 is 3.16. The zero-order chi connectivity index (χ0) is 17.4. The molecule has 1 saturated heterocycles. The highest BCUT2D eigenvalue weighted by Gasteiger charge is 2.28. The van der Waals surface area contributed by atoms with Gasteiger partial charge in [0, 0.05) is 44.0 Å². The number of aromatic nitrogens is 4. The predicted molar refractivity (Wildman–Crippen MR) is 93.4 cm³/mol. The van der Waals surface area contributed by atoms with E-state index in [4.69, 9.17) is 0 Å². The molecule has 2 aliphatic rings. The molecule has 0 N–H and O–H groups in total. The minimum Gasteiger partial charge on any atom is -0.315 e. The van der Waals surface area contributed by atoms with Crippen LogP contribution in [0.15, 0.2) is 34.1 Å². The Morgan fingerprint density at radius 1 is 1.20 bits per heavy atom. The van der Waals surface area contributed by atoms with Crippen LogP contribution in [0.2, 0.25) is 0 Å². The van der Waals surface area contributed by atoms with Gasteiger partial charge in [0.25, 0.3) is 11.1 Å². The largest absolute Gasteiger partial charge is 0.315 e. The molecule has 132 valence electrons. The number of rotatable bonds is 5. The molecule has 25 heavy (non-hydrogen) atoms. The number of nitrogens with zero attached hydrogens (tertiary/aromatic N) is 5. The van der Waals surface area contributed by atoms with E-state index in [1.165, 1.54) is 12.8 Å². The van der Waals surface area contributed by atoms with E-state index in [0.29, 0.717) is 24.7 Å². The fourth-order valence-electron chi connectivity index (χ4n) is 3.55. The van der Waals surface area contributed by atoms with E-state index < -0.39 is 0 Å². The molecule has 0 spiro atoms. The maximum atomic E-state index is 12.2. The summed E-state index contributed by atoms with van der Waals surface area (Å²) in [6.07, 6.45) is 7.74. The summed E-state index contributed by atoms with van der Waals surface area (Å²) >= 11 is 0. The molecule has 7 heteroatoms. The van der Waals surface area contributed by atoms with Crippen LogP contribution in [0, 0.1) is 0 Å². The lowest BCUT2D eigenvalue weighted by molar-refractivity contribution is 0.213. The minimum atomic E-state index is -0.0563. The first-order valence-electron chi connectivity index (χ1n) is 8.94. The summed E-state index contributed by atoms with van der Waals surface area (Å²) in [5.41, 5.74) is 1.48. The highest BCUT2D eigenvalue weighted by atomic mass is 16.1. The molecule has 1 unspecified atom stereocenters. The number of hydrogen-bond donors (Lipinski definition) is 0. The van der Waals surface area contributed by atoms with Crippen molar-refractivity contribution in [1.29, 1.82) is 0 Å². The first-order valence-corrected chi connectivity index (χ1v) is 8.94. The van der Waals surface area contributed by atoms with E-state index in [9.17, 15) is 9.59 Å². The van der Waals surface area contributed by atoms with E-state index in [0.717, 1.165) is 25.1 Å². The third-order valence-electron chi connectivity index (χ3n) is 5.21. The van der Waals surface area contributed by atoms with Crippen LogP contribution in [-0.2, 0) is 20.1 Å². The van der Waals surface area contributed by atoms with Crippen molar-refractivity contribution in [1.82, 2.24) is 24.2 Å². The smallest absolute Gasteiger partial charge is 0.273 e. The molecule has 1 saturated carbocycles. The zero-order valence-electron chi connectivity index (χ0n) is 14.5. The number of likely N-dealkylation sites (tertiary alicyclic amines) is 1. The molecule has 2 aromatic rings. The van der Waals surface area contributed by atoms with Crippen LogP contribution in [0.4, 0.5) is 0 Å². The number of aryl methyl sites for hydroxylation is 1. The van der Waals surface area contributed by atoms with Crippen LogP contribution < -0.4 is 11.1 Å². The summed E-state index contributed by atoms with van der Waals surface area (Å²) in [7, 11) is 1.74. The maximum absolute atomic E-state index is 12.2. The average molecular weight is 341 g/mol. The summed E-state index contributed by atoms with van der Waals surface area (Å²) in [5.74, 6) is 0.531. The Labute approximate surface area is 145 Å². The van der Waals surface area contributed by atoms with Crippen molar-refractivity contribution < 1.29 is 0 Å². The summed E-state index contributed by atoms with van der Waals surface area (Å²) in [4.78, 5) is 30.9. The Hall–Kier alpha value is -2.28. The molecule has 1 atom stereocenters. The fourth-order valence-corrected chi connectivity index (χ4v) is 3.55. The van der Waals surface area contributed by atoms with Crippen molar-refractivity contribution >= 4 is 0 Å². The van der Waals surface area contributed by atoms with E-state index >= 15 is 0 Å². The standard InChI is InChI=1S/C18H23N5O2/c1-21-10-8-19-16(18(21)25)12-22-9-2-3-14(22)11-23-17(24)7-6-15(20-23)13-4-5-13/h6-8,10,13-14H,2-5,9,11-12H2,1H3. The highest BCUT2D eigenvalue weighted by molar-refractivity contribution is 5.12. The summed E-state index contributed by atoms with van der Waals surface area (Å²) in [5, 5.41) is 4.57. The van der Waals surface area contributed by atoms with Gasteiger partial charge in [-0.3, -0.25) is 19.5 Å². The molecule has 4 rings (SSSR count). The van der Waals surface area contributed by atoms with Crippen molar-refractivity contribution in [2.24, 2.45) is 7.05 Å². The van der Waals surface area contributed by atoms with Crippen LogP contribution in [0.1, 0.15) is 43.0 Å². The first kappa shape index (κ1) is 16.2. The zero-order valence-corrected chi connectivity index (χ0v) is 14.5. The van der Waals surface area contributed by atoms with Crippen molar-refractivity contribution in [2.75, 3.05) is 6.54 Å². The third kappa shape index (κ3) is 3.42. The molecule has 0 amide bonds. The normalized spacial score (nSPS) is 20.9. The van der Waals surface area contributed by atoms with Crippen molar-refractivity contribution in [2.45, 2.75) is 50.7 Å². The van der Waals surface area contributed by atoms with Gasteiger partial charge in [-0.15, -0.1) is 0 Å². The topological polar surface area (TPSA) is 73.0 Å². The summed E-state index contributed by atoms with van der Waals surface area (Å²) in [6, 6.07) is 3.71. The molecule has 0 radical (unpaired) electrons. The van der Waals surface area contributed by atoms with Gasteiger partial charge in [0.2, 0.25) is 0 Å². The van der Waals surface area contributed by atoms with E-state index in [2.05, 4.69) is 15.0 Å². The van der Waals surface area contributed by atoms with Gasteiger partial charge in [-0.2, -0.15) is 5.10 Å². The van der Waals surface area contributed by atoms with Gasteiger partial charge in [-0.25, -0.2) is 4.68 Å². The molecule has 2 aromatic heterocycles. The monoisotopic (exact) mass is 341 g/mol. The molecule has 1 aliphatic heterocycles. The number of hydrogen-bond acceptors (Lipinski definition) is 5. The van der Waals surface area contributed by atoms with Crippen molar-refractivity contribution in [3.63, 3.8) is 0 Å². The van der Waals surface area contributed by atoms with Gasteiger partial charge >= 0.3 is 0 Å². The minimum absolute atomic E-state index is 0.0509. The molecule has 2 fully saturated rings. The van der Waals surface area contributed by atoms with Crippen LogP contribution in [0.3, 0.4) is 0 Å². The van der Waals surface area contributed by atoms with Gasteiger partial charge in [-0.05, 0) is 38.3 Å². The lowest BCUT2D eigenvalue weighted by atomic mass is 10.2. The molecular formula is C18H23N5O2. The second-order valence-electron chi connectivity index (χ2n) is 7.11. The molecular weight excluding hydrogens is 318 g/mol. The Morgan fingerprint density at radius 2 is 2.04 bits per heavy atom. The van der Waals surface area contributed by atoms with Gasteiger partial charge in [0.1, 0.15) is 5.69 Å². The molecule has 3 heterocycles. The Bertz CT molecular complexity index is 884. The maximum Gasteiger partial charge on any atom is 0.273 e. The lowest BCUT2D eigenvalue weighted by Gasteiger charge is -2.24. The van der Waals surface area contributed by atoms with Crippen molar-refractivity contribution in [3.05, 3.63) is 56.6 Å². The van der Waals surface area contributed by atoms with Gasteiger partial charge in [0.05, 0.1) is 12.2 Å². The quantitative estimate of drug-likeness (QED) is 0.807. The van der Waals surface area contributed by atoms with Gasteiger partial charge in [0.15, 0.2) is 0 Å². The van der Waals surface area contributed by atoms with Crippen LogP contribution in [-0.4, -0.2) is 36.8 Å². The Balaban J connectivity index is 1.52. The van der Waals surface area contributed by atoms with Gasteiger partial charge in [-0.1, -0.05) is 0 Å². The first-order chi connectivity index (χ1) is 12.1. The lowest BCUT2D eigenvalue weighted by Crippen LogP contribution is -2.38. The van der Waals surface area contributed by atoms with Crippen LogP contribution in [0.25, 0.3) is 0 Å².